The van der Waals surface area contributed by atoms with Gasteiger partial charge in [0.25, 0.3) is 0 Å². The SMILES string of the molecule is CCC(C)(C)C(=O)OC1C2CC(=O)OC1C(C(F)(F)F)C2. The maximum Gasteiger partial charge on any atom is 0.395 e. The Morgan fingerprint density at radius 1 is 1.38 bits per heavy atom. The number of carbonyl (C=O) groups is 2. The zero-order valence-corrected chi connectivity index (χ0v) is 12.2. The fourth-order valence-corrected chi connectivity index (χ4v) is 2.76. The summed E-state index contributed by atoms with van der Waals surface area (Å²) in [5.41, 5.74) is -0.769. The van der Waals surface area contributed by atoms with Crippen molar-refractivity contribution in [3.8, 4) is 0 Å². The van der Waals surface area contributed by atoms with Crippen LogP contribution in [0.5, 0.6) is 0 Å². The first kappa shape index (κ1) is 16.1. The van der Waals surface area contributed by atoms with Crippen molar-refractivity contribution in [3.05, 3.63) is 0 Å². The van der Waals surface area contributed by atoms with E-state index in [4.69, 9.17) is 9.47 Å². The first-order chi connectivity index (χ1) is 9.56. The third-order valence-corrected chi connectivity index (χ3v) is 4.54. The molecule has 1 saturated carbocycles. The Balaban J connectivity index is 2.17. The molecule has 2 bridgehead atoms. The van der Waals surface area contributed by atoms with Crippen LogP contribution in [0.15, 0.2) is 0 Å². The van der Waals surface area contributed by atoms with Gasteiger partial charge in [-0.05, 0) is 26.7 Å². The van der Waals surface area contributed by atoms with Crippen molar-refractivity contribution < 1.29 is 32.2 Å². The predicted octanol–water partition coefficient (Wildman–Crippen LogP) is 2.85. The highest BCUT2D eigenvalue weighted by molar-refractivity contribution is 5.76. The third-order valence-electron chi connectivity index (χ3n) is 4.54. The normalized spacial score (nSPS) is 32.8. The molecule has 0 aromatic heterocycles. The van der Waals surface area contributed by atoms with Gasteiger partial charge in [0.15, 0.2) is 6.10 Å². The first-order valence-corrected chi connectivity index (χ1v) is 7.03. The maximum absolute atomic E-state index is 13.0. The van der Waals surface area contributed by atoms with E-state index in [1.807, 2.05) is 0 Å². The summed E-state index contributed by atoms with van der Waals surface area (Å²) in [6.45, 7) is 5.15. The highest BCUT2D eigenvalue weighted by atomic mass is 19.4. The highest BCUT2D eigenvalue weighted by Crippen LogP contribution is 2.49. The molecule has 0 aromatic carbocycles. The molecule has 1 aliphatic heterocycles. The molecule has 0 aromatic rings. The zero-order valence-electron chi connectivity index (χ0n) is 12.2. The summed E-state index contributed by atoms with van der Waals surface area (Å²) in [6.07, 6.45) is -6.72. The predicted molar refractivity (Wildman–Crippen MR) is 66.1 cm³/mol. The van der Waals surface area contributed by atoms with Crippen molar-refractivity contribution >= 4 is 11.9 Å². The van der Waals surface area contributed by atoms with E-state index < -0.39 is 47.6 Å². The molecule has 21 heavy (non-hydrogen) atoms. The molecule has 4 atom stereocenters. The topological polar surface area (TPSA) is 52.6 Å². The number of rotatable bonds is 3. The third kappa shape index (κ3) is 3.01. The van der Waals surface area contributed by atoms with Crippen molar-refractivity contribution in [2.45, 2.75) is 58.4 Å². The fourth-order valence-electron chi connectivity index (χ4n) is 2.76. The lowest BCUT2D eigenvalue weighted by Crippen LogP contribution is -2.46. The smallest absolute Gasteiger partial charge is 0.395 e. The first-order valence-electron chi connectivity index (χ1n) is 7.03. The molecule has 1 aliphatic carbocycles. The van der Waals surface area contributed by atoms with Crippen LogP contribution in [0.4, 0.5) is 13.2 Å². The van der Waals surface area contributed by atoms with Crippen molar-refractivity contribution in [2.75, 3.05) is 0 Å². The molecule has 4 unspecified atom stereocenters. The Bertz CT molecular complexity index is 444. The van der Waals surface area contributed by atoms with Crippen LogP contribution in [0, 0.1) is 17.3 Å². The van der Waals surface area contributed by atoms with Gasteiger partial charge in [-0.2, -0.15) is 13.2 Å². The number of hydrogen-bond donors (Lipinski definition) is 0. The lowest BCUT2D eigenvalue weighted by molar-refractivity contribution is -0.216. The second kappa shape index (κ2) is 5.18. The Morgan fingerprint density at radius 3 is 2.52 bits per heavy atom. The van der Waals surface area contributed by atoms with E-state index in [2.05, 4.69) is 0 Å². The number of esters is 2. The van der Waals surface area contributed by atoms with E-state index in [1.54, 1.807) is 20.8 Å². The summed E-state index contributed by atoms with van der Waals surface area (Å²) >= 11 is 0. The fraction of sp³-hybridized carbons (Fsp3) is 0.857. The van der Waals surface area contributed by atoms with E-state index in [-0.39, 0.29) is 12.8 Å². The minimum Gasteiger partial charge on any atom is -0.458 e. The molecule has 1 saturated heterocycles. The molecule has 2 rings (SSSR count). The van der Waals surface area contributed by atoms with E-state index >= 15 is 0 Å². The quantitative estimate of drug-likeness (QED) is 0.752. The summed E-state index contributed by atoms with van der Waals surface area (Å²) in [5.74, 6) is -3.57. The number of ether oxygens (including phenoxy) is 2. The van der Waals surface area contributed by atoms with Gasteiger partial charge >= 0.3 is 18.1 Å². The van der Waals surface area contributed by atoms with Gasteiger partial charge in [0.1, 0.15) is 6.10 Å². The van der Waals surface area contributed by atoms with Crippen LogP contribution < -0.4 is 0 Å². The molecular formula is C14H19F3O4. The van der Waals surface area contributed by atoms with Gasteiger partial charge < -0.3 is 9.47 Å². The van der Waals surface area contributed by atoms with E-state index in [0.29, 0.717) is 6.42 Å². The minimum atomic E-state index is -4.46. The van der Waals surface area contributed by atoms with Crippen LogP contribution >= 0.6 is 0 Å². The minimum absolute atomic E-state index is 0.131. The molecule has 1 heterocycles. The molecule has 120 valence electrons. The van der Waals surface area contributed by atoms with Gasteiger partial charge in [0.2, 0.25) is 0 Å². The molecule has 2 aliphatic rings. The van der Waals surface area contributed by atoms with Crippen molar-refractivity contribution in [1.82, 2.24) is 0 Å². The van der Waals surface area contributed by atoms with E-state index in [1.165, 1.54) is 0 Å². The molecule has 0 amide bonds. The van der Waals surface area contributed by atoms with Gasteiger partial charge in [-0.25, -0.2) is 0 Å². The van der Waals surface area contributed by atoms with E-state index in [0.717, 1.165) is 0 Å². The van der Waals surface area contributed by atoms with Crippen LogP contribution in [0.1, 0.15) is 40.0 Å². The van der Waals surface area contributed by atoms with Crippen LogP contribution in [0.2, 0.25) is 0 Å². The summed E-state index contributed by atoms with van der Waals surface area (Å²) in [5, 5.41) is 0. The molecule has 4 nitrogen and oxygen atoms in total. The largest absolute Gasteiger partial charge is 0.458 e. The number of fused-ring (bicyclic) bond motifs is 2. The molecule has 0 radical (unpaired) electrons. The van der Waals surface area contributed by atoms with Gasteiger partial charge in [-0.3, -0.25) is 9.59 Å². The maximum atomic E-state index is 13.0. The van der Waals surface area contributed by atoms with Crippen molar-refractivity contribution in [2.24, 2.45) is 17.3 Å². The van der Waals surface area contributed by atoms with Crippen LogP contribution in [0.25, 0.3) is 0 Å². The van der Waals surface area contributed by atoms with Crippen molar-refractivity contribution in [1.29, 1.82) is 0 Å². The Kier molecular flexibility index (Phi) is 3.97. The van der Waals surface area contributed by atoms with Crippen molar-refractivity contribution in [3.63, 3.8) is 0 Å². The zero-order chi connectivity index (χ0) is 16.0. The monoisotopic (exact) mass is 308 g/mol. The molecular weight excluding hydrogens is 289 g/mol. The Morgan fingerprint density at radius 2 is 2.00 bits per heavy atom. The number of alkyl halides is 3. The van der Waals surface area contributed by atoms with Crippen LogP contribution in [-0.4, -0.2) is 30.3 Å². The second-order valence-electron chi connectivity index (χ2n) is 6.41. The molecule has 2 fully saturated rings. The average Bonchev–Trinajstić information content (AvgIpc) is 2.57. The number of carbonyl (C=O) groups excluding carboxylic acids is 2. The summed E-state index contributed by atoms with van der Waals surface area (Å²) in [4.78, 5) is 23.4. The second-order valence-corrected chi connectivity index (χ2v) is 6.41. The average molecular weight is 308 g/mol. The van der Waals surface area contributed by atoms with Gasteiger partial charge in [0, 0.05) is 5.92 Å². The molecule has 0 N–H and O–H groups in total. The van der Waals surface area contributed by atoms with Gasteiger partial charge in [-0.1, -0.05) is 6.92 Å². The Hall–Kier alpha value is -1.27. The Labute approximate surface area is 121 Å². The van der Waals surface area contributed by atoms with Gasteiger partial charge in [0.05, 0.1) is 17.8 Å². The number of hydrogen-bond acceptors (Lipinski definition) is 4. The van der Waals surface area contributed by atoms with E-state index in [9.17, 15) is 22.8 Å². The standard InChI is InChI=1S/C14H19F3O4/c1-4-13(2,3)12(19)21-10-7-5-8(14(15,16)17)11(10)20-9(18)6-7/h7-8,10-11H,4-6H2,1-3H3. The summed E-state index contributed by atoms with van der Waals surface area (Å²) in [7, 11) is 0. The van der Waals surface area contributed by atoms with Gasteiger partial charge in [-0.15, -0.1) is 0 Å². The van der Waals surface area contributed by atoms with Crippen LogP contribution in [-0.2, 0) is 19.1 Å². The number of halogens is 3. The molecule has 7 heteroatoms. The highest BCUT2D eigenvalue weighted by Gasteiger charge is 2.61. The summed E-state index contributed by atoms with van der Waals surface area (Å²) in [6, 6.07) is 0. The lowest BCUT2D eigenvalue weighted by Gasteiger charge is -2.33. The molecule has 0 spiro atoms. The van der Waals surface area contributed by atoms with Crippen LogP contribution in [0.3, 0.4) is 0 Å². The lowest BCUT2D eigenvalue weighted by atomic mass is 9.90. The summed E-state index contributed by atoms with van der Waals surface area (Å²) < 4.78 is 49.1.